The summed E-state index contributed by atoms with van der Waals surface area (Å²) in [5, 5.41) is 9.72. The summed E-state index contributed by atoms with van der Waals surface area (Å²) >= 11 is 0. The van der Waals surface area contributed by atoms with E-state index in [4.69, 9.17) is 4.84 Å². The lowest BCUT2D eigenvalue weighted by Gasteiger charge is -2.27. The maximum atomic E-state index is 9.72. The predicted molar refractivity (Wildman–Crippen MR) is 62.6 cm³/mol. The maximum absolute atomic E-state index is 9.72. The van der Waals surface area contributed by atoms with Gasteiger partial charge >= 0.3 is 0 Å². The van der Waals surface area contributed by atoms with Crippen LogP contribution in [0, 0.1) is 0 Å². The Bertz CT molecular complexity index is 302. The van der Waals surface area contributed by atoms with Crippen molar-refractivity contribution in [2.75, 3.05) is 0 Å². The van der Waals surface area contributed by atoms with Crippen molar-refractivity contribution in [2.24, 2.45) is 0 Å². The molecule has 0 heterocycles. The number of aliphatic hydroxyl groups is 1. The van der Waals surface area contributed by atoms with Crippen molar-refractivity contribution < 1.29 is 9.94 Å². The molecule has 0 aliphatic heterocycles. The van der Waals surface area contributed by atoms with Crippen molar-refractivity contribution in [3.05, 3.63) is 35.9 Å². The molecule has 0 spiro atoms. The van der Waals surface area contributed by atoms with E-state index >= 15 is 0 Å². The van der Waals surface area contributed by atoms with Crippen LogP contribution in [-0.2, 0) is 11.4 Å². The first-order valence-electron chi connectivity index (χ1n) is 5.95. The van der Waals surface area contributed by atoms with Gasteiger partial charge in [-0.25, -0.2) is 0 Å². The van der Waals surface area contributed by atoms with Gasteiger partial charge in [0.15, 0.2) is 0 Å². The molecule has 0 amide bonds. The third kappa shape index (κ3) is 3.30. The lowest BCUT2D eigenvalue weighted by Crippen LogP contribution is -2.41. The first-order chi connectivity index (χ1) is 7.86. The average Bonchev–Trinajstić information content (AvgIpc) is 2.33. The van der Waals surface area contributed by atoms with E-state index in [-0.39, 0.29) is 12.1 Å². The fourth-order valence-electron chi connectivity index (χ4n) is 2.06. The van der Waals surface area contributed by atoms with Crippen molar-refractivity contribution in [1.29, 1.82) is 0 Å². The number of aliphatic hydroxyl groups excluding tert-OH is 1. The minimum absolute atomic E-state index is 0.0949. The number of hydrogen-bond donors (Lipinski definition) is 2. The summed E-state index contributed by atoms with van der Waals surface area (Å²) in [5.41, 5.74) is 4.11. The summed E-state index contributed by atoms with van der Waals surface area (Å²) in [6, 6.07) is 10.1. The number of hydroxylamine groups is 1. The third-order valence-electron chi connectivity index (χ3n) is 3.05. The van der Waals surface area contributed by atoms with E-state index in [2.05, 4.69) is 5.48 Å². The molecule has 0 unspecified atom stereocenters. The van der Waals surface area contributed by atoms with Gasteiger partial charge in [0.05, 0.1) is 18.8 Å². The molecule has 1 aromatic rings. The molecular weight excluding hydrogens is 202 g/mol. The first-order valence-corrected chi connectivity index (χ1v) is 5.95. The number of nitrogens with one attached hydrogen (secondary N) is 1. The lowest BCUT2D eigenvalue weighted by atomic mass is 9.93. The van der Waals surface area contributed by atoms with E-state index in [1.165, 1.54) is 6.42 Å². The summed E-state index contributed by atoms with van der Waals surface area (Å²) in [4.78, 5) is 5.42. The molecule has 0 radical (unpaired) electrons. The molecule has 1 saturated carbocycles. The molecule has 3 nitrogen and oxygen atoms in total. The monoisotopic (exact) mass is 221 g/mol. The molecule has 0 bridgehead atoms. The second-order valence-corrected chi connectivity index (χ2v) is 4.35. The molecule has 16 heavy (non-hydrogen) atoms. The minimum Gasteiger partial charge on any atom is -0.391 e. The van der Waals surface area contributed by atoms with E-state index in [0.717, 1.165) is 24.8 Å². The largest absolute Gasteiger partial charge is 0.391 e. The summed E-state index contributed by atoms with van der Waals surface area (Å²) < 4.78 is 0. The fourth-order valence-corrected chi connectivity index (χ4v) is 2.06. The van der Waals surface area contributed by atoms with Crippen LogP contribution in [0.4, 0.5) is 0 Å². The topological polar surface area (TPSA) is 41.5 Å². The van der Waals surface area contributed by atoms with Gasteiger partial charge in [-0.2, -0.15) is 5.48 Å². The highest BCUT2D eigenvalue weighted by Crippen LogP contribution is 2.18. The number of benzene rings is 1. The zero-order chi connectivity index (χ0) is 11.2. The molecule has 3 heteroatoms. The smallest absolute Gasteiger partial charge is 0.0933 e. The average molecular weight is 221 g/mol. The second-order valence-electron chi connectivity index (χ2n) is 4.35. The van der Waals surface area contributed by atoms with Crippen LogP contribution in [0.15, 0.2) is 30.3 Å². The van der Waals surface area contributed by atoms with Gasteiger partial charge in [0, 0.05) is 0 Å². The van der Waals surface area contributed by atoms with Crippen LogP contribution >= 0.6 is 0 Å². The van der Waals surface area contributed by atoms with Gasteiger partial charge in [0.1, 0.15) is 0 Å². The van der Waals surface area contributed by atoms with E-state index in [9.17, 15) is 5.11 Å². The van der Waals surface area contributed by atoms with Crippen molar-refractivity contribution in [3.8, 4) is 0 Å². The van der Waals surface area contributed by atoms with Crippen LogP contribution < -0.4 is 5.48 Å². The Kier molecular flexibility index (Phi) is 4.34. The van der Waals surface area contributed by atoms with Crippen molar-refractivity contribution in [2.45, 2.75) is 44.4 Å². The zero-order valence-electron chi connectivity index (χ0n) is 9.43. The number of hydrogen-bond acceptors (Lipinski definition) is 3. The fraction of sp³-hybridized carbons (Fsp3) is 0.538. The Morgan fingerprint density at radius 3 is 2.69 bits per heavy atom. The van der Waals surface area contributed by atoms with Crippen molar-refractivity contribution >= 4 is 0 Å². The Morgan fingerprint density at radius 2 is 1.94 bits per heavy atom. The van der Waals surface area contributed by atoms with Gasteiger partial charge in [0.2, 0.25) is 0 Å². The molecule has 1 fully saturated rings. The van der Waals surface area contributed by atoms with E-state index in [1.807, 2.05) is 30.3 Å². The van der Waals surface area contributed by atoms with Crippen LogP contribution in [0.1, 0.15) is 31.2 Å². The van der Waals surface area contributed by atoms with Gasteiger partial charge in [-0.1, -0.05) is 43.2 Å². The van der Waals surface area contributed by atoms with Crippen molar-refractivity contribution in [1.82, 2.24) is 5.48 Å². The van der Waals surface area contributed by atoms with Crippen LogP contribution in [-0.4, -0.2) is 17.3 Å². The van der Waals surface area contributed by atoms with Crippen molar-refractivity contribution in [3.63, 3.8) is 0 Å². The third-order valence-corrected chi connectivity index (χ3v) is 3.05. The molecular formula is C13H19NO2. The molecule has 2 rings (SSSR count). The SMILES string of the molecule is O[C@@H]1CCCC[C@H]1NOCc1ccccc1. The Morgan fingerprint density at radius 1 is 1.19 bits per heavy atom. The predicted octanol–water partition coefficient (Wildman–Crippen LogP) is 2.01. The van der Waals surface area contributed by atoms with E-state index in [0.29, 0.717) is 6.61 Å². The highest BCUT2D eigenvalue weighted by molar-refractivity contribution is 5.13. The first kappa shape index (κ1) is 11.6. The molecule has 1 aromatic carbocycles. The summed E-state index contributed by atoms with van der Waals surface area (Å²) in [6.07, 6.45) is 3.91. The van der Waals surface area contributed by atoms with Crippen LogP contribution in [0.3, 0.4) is 0 Å². The molecule has 1 aliphatic rings. The van der Waals surface area contributed by atoms with E-state index < -0.39 is 0 Å². The van der Waals surface area contributed by atoms with Gasteiger partial charge in [-0.3, -0.25) is 4.84 Å². The molecule has 1 aliphatic carbocycles. The summed E-state index contributed by atoms with van der Waals surface area (Å²) in [5.74, 6) is 0. The van der Waals surface area contributed by atoms with Gasteiger partial charge in [-0.05, 0) is 18.4 Å². The second kappa shape index (κ2) is 5.99. The molecule has 2 atom stereocenters. The Hall–Kier alpha value is -0.900. The Balaban J connectivity index is 1.71. The summed E-state index contributed by atoms with van der Waals surface area (Å²) in [7, 11) is 0. The highest BCUT2D eigenvalue weighted by Gasteiger charge is 2.22. The van der Waals surface area contributed by atoms with Crippen LogP contribution in [0.2, 0.25) is 0 Å². The maximum Gasteiger partial charge on any atom is 0.0933 e. The minimum atomic E-state index is -0.260. The van der Waals surface area contributed by atoms with Gasteiger partial charge < -0.3 is 5.11 Å². The molecule has 2 N–H and O–H groups in total. The van der Waals surface area contributed by atoms with E-state index in [1.54, 1.807) is 0 Å². The zero-order valence-corrected chi connectivity index (χ0v) is 9.43. The Labute approximate surface area is 96.4 Å². The quantitative estimate of drug-likeness (QED) is 0.764. The standard InChI is InChI=1S/C13H19NO2/c15-13-9-5-4-8-12(13)14-16-10-11-6-2-1-3-7-11/h1-3,6-7,12-15H,4-5,8-10H2/t12-,13-/m1/s1. The molecule has 88 valence electrons. The van der Waals surface area contributed by atoms with Gasteiger partial charge in [0.25, 0.3) is 0 Å². The van der Waals surface area contributed by atoms with Gasteiger partial charge in [-0.15, -0.1) is 0 Å². The number of rotatable bonds is 4. The highest BCUT2D eigenvalue weighted by atomic mass is 16.6. The van der Waals surface area contributed by atoms with Crippen LogP contribution in [0.25, 0.3) is 0 Å². The normalized spacial score (nSPS) is 25.6. The molecule has 0 aromatic heterocycles. The molecule has 0 saturated heterocycles. The lowest BCUT2D eigenvalue weighted by molar-refractivity contribution is -0.0444. The summed E-state index contributed by atoms with van der Waals surface area (Å²) in [6.45, 7) is 0.546. The van der Waals surface area contributed by atoms with Crippen LogP contribution in [0.5, 0.6) is 0 Å².